The van der Waals surface area contributed by atoms with Gasteiger partial charge in [-0.2, -0.15) is 0 Å². The van der Waals surface area contributed by atoms with E-state index in [1.165, 1.54) is 22.3 Å². The maximum atomic E-state index is 4.14. The van der Waals surface area contributed by atoms with Crippen molar-refractivity contribution in [2.45, 2.75) is 27.2 Å². The molecule has 23 heavy (non-hydrogen) atoms. The largest absolute Gasteiger partial charge is 0.312 e. The summed E-state index contributed by atoms with van der Waals surface area (Å²) in [5, 5.41) is 0. The van der Waals surface area contributed by atoms with Crippen LogP contribution in [0.25, 0.3) is 5.57 Å². The van der Waals surface area contributed by atoms with Crippen LogP contribution in [0.1, 0.15) is 37.5 Å². The first-order valence-electron chi connectivity index (χ1n) is 7.74. The maximum absolute atomic E-state index is 4.14. The molecular formula is C20H23BrN2. The van der Waals surface area contributed by atoms with Crippen molar-refractivity contribution in [2.75, 3.05) is 7.05 Å². The number of aryl methyl sites for hydroxylation is 1. The molecule has 0 atom stereocenters. The average molecular weight is 371 g/mol. The topological polar surface area (TPSA) is 15.6 Å². The van der Waals surface area contributed by atoms with Crippen molar-refractivity contribution in [1.82, 2.24) is 4.90 Å². The second kappa shape index (κ2) is 7.60. The van der Waals surface area contributed by atoms with Crippen LogP contribution in [0.3, 0.4) is 0 Å². The maximum Gasteiger partial charge on any atom is 0.0927 e. The first-order chi connectivity index (χ1) is 11.0. The Kier molecular flexibility index (Phi) is 5.78. The summed E-state index contributed by atoms with van der Waals surface area (Å²) in [6, 6.07) is 6.48. The van der Waals surface area contributed by atoms with Crippen molar-refractivity contribution < 1.29 is 0 Å². The molecule has 3 heteroatoms. The van der Waals surface area contributed by atoms with Gasteiger partial charge in [-0.15, -0.1) is 0 Å². The van der Waals surface area contributed by atoms with Gasteiger partial charge >= 0.3 is 0 Å². The summed E-state index contributed by atoms with van der Waals surface area (Å²) in [6.07, 6.45) is 9.09. The van der Waals surface area contributed by atoms with Crippen LogP contribution in [-0.4, -0.2) is 18.2 Å². The van der Waals surface area contributed by atoms with Crippen LogP contribution in [0.15, 0.2) is 64.0 Å². The molecule has 0 aliphatic carbocycles. The third-order valence-corrected chi connectivity index (χ3v) is 4.88. The molecule has 0 saturated carbocycles. The van der Waals surface area contributed by atoms with Crippen LogP contribution in [0, 0.1) is 0 Å². The van der Waals surface area contributed by atoms with Gasteiger partial charge in [-0.05, 0) is 82.3 Å². The highest BCUT2D eigenvalue weighted by atomic mass is 79.9. The third-order valence-electron chi connectivity index (χ3n) is 3.90. The quantitative estimate of drug-likeness (QED) is 0.492. The number of hydrogen-bond donors (Lipinski definition) is 0. The number of rotatable bonds is 4. The molecule has 0 bridgehead atoms. The molecule has 1 aromatic rings. The predicted octanol–water partition coefficient (Wildman–Crippen LogP) is 5.67. The van der Waals surface area contributed by atoms with E-state index in [1.54, 1.807) is 7.05 Å². The van der Waals surface area contributed by atoms with Gasteiger partial charge in [-0.3, -0.25) is 4.99 Å². The SMILES string of the molecule is C=C1C=C(C)C=CN1/C(Br)=C(\C)c1ccc(/C=N/C)cc1CC. The molecule has 1 aliphatic rings. The van der Waals surface area contributed by atoms with Crippen molar-refractivity contribution in [2.24, 2.45) is 4.99 Å². The molecule has 0 saturated heterocycles. The van der Waals surface area contributed by atoms with E-state index in [0.717, 1.165) is 22.3 Å². The van der Waals surface area contributed by atoms with Gasteiger partial charge in [0.1, 0.15) is 0 Å². The lowest BCUT2D eigenvalue weighted by atomic mass is 9.97. The van der Waals surface area contributed by atoms with Gasteiger partial charge in [0, 0.05) is 25.2 Å². The Bertz CT molecular complexity index is 736. The molecule has 1 aromatic carbocycles. The molecule has 0 amide bonds. The monoisotopic (exact) mass is 370 g/mol. The van der Waals surface area contributed by atoms with Gasteiger partial charge in [-0.25, -0.2) is 0 Å². The van der Waals surface area contributed by atoms with Gasteiger partial charge in [0.2, 0.25) is 0 Å². The summed E-state index contributed by atoms with van der Waals surface area (Å²) in [7, 11) is 1.80. The highest BCUT2D eigenvalue weighted by Crippen LogP contribution is 2.32. The molecule has 1 aliphatic heterocycles. The highest BCUT2D eigenvalue weighted by molar-refractivity contribution is 9.11. The Morgan fingerprint density at radius 2 is 2.13 bits per heavy atom. The standard InChI is InChI=1S/C20H23BrN2/c1-6-18-12-17(13-22-5)7-8-19(18)16(4)20(21)23-10-9-14(2)11-15(23)3/h7-13H,3,6H2,1-2,4-5H3/b20-16+,22-13+. The minimum Gasteiger partial charge on any atom is -0.312 e. The van der Waals surface area contributed by atoms with E-state index in [0.29, 0.717) is 0 Å². The van der Waals surface area contributed by atoms with Crippen LogP contribution in [0.5, 0.6) is 0 Å². The predicted molar refractivity (Wildman–Crippen MR) is 105 cm³/mol. The zero-order valence-electron chi connectivity index (χ0n) is 14.2. The van der Waals surface area contributed by atoms with Crippen LogP contribution in [-0.2, 0) is 6.42 Å². The highest BCUT2D eigenvalue weighted by Gasteiger charge is 2.15. The molecule has 2 nitrogen and oxygen atoms in total. The lowest BCUT2D eigenvalue weighted by Crippen LogP contribution is -2.14. The fourth-order valence-electron chi connectivity index (χ4n) is 2.65. The molecule has 0 spiro atoms. The summed E-state index contributed by atoms with van der Waals surface area (Å²) in [5.41, 5.74) is 7.07. The third kappa shape index (κ3) is 3.91. The Labute approximate surface area is 147 Å². The molecule has 0 aromatic heterocycles. The summed E-state index contributed by atoms with van der Waals surface area (Å²) < 4.78 is 1.02. The molecule has 0 N–H and O–H groups in total. The second-order valence-electron chi connectivity index (χ2n) is 5.64. The lowest BCUT2D eigenvalue weighted by Gasteiger charge is -2.26. The molecule has 0 radical (unpaired) electrons. The number of aliphatic imine (C=N–C) groups is 1. The van der Waals surface area contributed by atoms with E-state index in [4.69, 9.17) is 0 Å². The van der Waals surface area contributed by atoms with Crippen molar-refractivity contribution in [3.8, 4) is 0 Å². The van der Waals surface area contributed by atoms with E-state index < -0.39 is 0 Å². The average Bonchev–Trinajstić information content (AvgIpc) is 2.54. The number of hydrogen-bond acceptors (Lipinski definition) is 2. The van der Waals surface area contributed by atoms with Crippen molar-refractivity contribution >= 4 is 27.7 Å². The fraction of sp³-hybridized carbons (Fsp3) is 0.250. The molecule has 0 unspecified atom stereocenters. The minimum atomic E-state index is 0.962. The normalized spacial score (nSPS) is 16.0. The first-order valence-corrected chi connectivity index (χ1v) is 8.53. The summed E-state index contributed by atoms with van der Waals surface area (Å²) in [6.45, 7) is 10.5. The van der Waals surface area contributed by atoms with Crippen LogP contribution in [0.2, 0.25) is 0 Å². The summed E-state index contributed by atoms with van der Waals surface area (Å²) in [4.78, 5) is 6.17. The van der Waals surface area contributed by atoms with Crippen molar-refractivity contribution in [3.63, 3.8) is 0 Å². The smallest absolute Gasteiger partial charge is 0.0927 e. The van der Waals surface area contributed by atoms with E-state index in [1.807, 2.05) is 6.21 Å². The Morgan fingerprint density at radius 1 is 1.39 bits per heavy atom. The summed E-state index contributed by atoms with van der Waals surface area (Å²) >= 11 is 3.75. The zero-order chi connectivity index (χ0) is 17.0. The number of benzene rings is 1. The van der Waals surface area contributed by atoms with E-state index in [-0.39, 0.29) is 0 Å². The fourth-order valence-corrected chi connectivity index (χ4v) is 3.21. The zero-order valence-corrected chi connectivity index (χ0v) is 15.8. The van der Waals surface area contributed by atoms with Crippen LogP contribution in [0.4, 0.5) is 0 Å². The van der Waals surface area contributed by atoms with Gasteiger partial charge in [-0.1, -0.05) is 25.6 Å². The van der Waals surface area contributed by atoms with Gasteiger partial charge < -0.3 is 4.90 Å². The van der Waals surface area contributed by atoms with E-state index >= 15 is 0 Å². The van der Waals surface area contributed by atoms with Crippen LogP contribution >= 0.6 is 15.9 Å². The first kappa shape index (κ1) is 17.5. The van der Waals surface area contributed by atoms with Crippen LogP contribution < -0.4 is 0 Å². The molecule has 2 rings (SSSR count). The number of halogens is 1. The van der Waals surface area contributed by atoms with E-state index in [9.17, 15) is 0 Å². The Hall–Kier alpha value is -1.87. The second-order valence-corrected chi connectivity index (χ2v) is 6.39. The number of allylic oxidation sites excluding steroid dienone is 4. The summed E-state index contributed by atoms with van der Waals surface area (Å²) in [5.74, 6) is 0. The van der Waals surface area contributed by atoms with Gasteiger partial charge in [0.05, 0.1) is 4.61 Å². The Balaban J connectivity index is 2.44. The number of nitrogens with zero attached hydrogens (tertiary/aromatic N) is 2. The van der Waals surface area contributed by atoms with Crippen molar-refractivity contribution in [1.29, 1.82) is 0 Å². The molecule has 1 heterocycles. The van der Waals surface area contributed by atoms with Crippen molar-refractivity contribution in [3.05, 3.63) is 75.7 Å². The minimum absolute atomic E-state index is 0.962. The molecule has 0 fully saturated rings. The lowest BCUT2D eigenvalue weighted by molar-refractivity contribution is 0.636. The molecular weight excluding hydrogens is 348 g/mol. The Morgan fingerprint density at radius 3 is 2.74 bits per heavy atom. The van der Waals surface area contributed by atoms with E-state index in [2.05, 4.69) is 89.7 Å². The van der Waals surface area contributed by atoms with Gasteiger partial charge in [0.15, 0.2) is 0 Å². The van der Waals surface area contributed by atoms with Gasteiger partial charge in [0.25, 0.3) is 0 Å². The molecule has 120 valence electrons.